The van der Waals surface area contributed by atoms with Crippen molar-refractivity contribution in [3.05, 3.63) is 70.2 Å². The van der Waals surface area contributed by atoms with E-state index in [1.54, 1.807) is 6.07 Å². The Kier molecular flexibility index (Phi) is 5.76. The Morgan fingerprint density at radius 2 is 1.85 bits per heavy atom. The second-order valence-electron chi connectivity index (χ2n) is 6.93. The first kappa shape index (κ1) is 18.9. The normalized spacial score (nSPS) is 12.4. The van der Waals surface area contributed by atoms with Crippen LogP contribution in [0.2, 0.25) is 0 Å². The van der Waals surface area contributed by atoms with Crippen LogP contribution in [-0.2, 0) is 11.3 Å². The van der Waals surface area contributed by atoms with Crippen molar-refractivity contribution in [1.82, 2.24) is 14.8 Å². The van der Waals surface area contributed by atoms with Gasteiger partial charge in [0.05, 0.1) is 11.6 Å². The van der Waals surface area contributed by atoms with Crippen LogP contribution in [0.4, 0.5) is 0 Å². The molecule has 1 atom stereocenters. The van der Waals surface area contributed by atoms with Gasteiger partial charge in [-0.1, -0.05) is 42.0 Å². The van der Waals surface area contributed by atoms with Crippen LogP contribution in [0.25, 0.3) is 11.1 Å². The van der Waals surface area contributed by atoms with Gasteiger partial charge in [0.2, 0.25) is 5.91 Å². The van der Waals surface area contributed by atoms with Crippen molar-refractivity contribution in [3.63, 3.8) is 0 Å². The summed E-state index contributed by atoms with van der Waals surface area (Å²) in [7, 11) is 3.99. The molecule has 0 saturated carbocycles. The third-order valence-corrected chi connectivity index (χ3v) is 4.71. The van der Waals surface area contributed by atoms with Gasteiger partial charge in [0, 0.05) is 19.5 Å². The van der Waals surface area contributed by atoms with Crippen LogP contribution in [0.1, 0.15) is 23.6 Å². The summed E-state index contributed by atoms with van der Waals surface area (Å²) in [6, 6.07) is 15.6. The Bertz CT molecular complexity index is 970. The van der Waals surface area contributed by atoms with E-state index >= 15 is 0 Å². The molecule has 142 valence electrons. The molecule has 0 saturated heterocycles. The molecule has 27 heavy (non-hydrogen) atoms. The number of carbonyl (C=O) groups excluding carboxylic acids is 1. The smallest absolute Gasteiger partial charge is 0.408 e. The highest BCUT2D eigenvalue weighted by molar-refractivity contribution is 5.76. The minimum atomic E-state index is -0.435. The quantitative estimate of drug-likeness (QED) is 0.697. The minimum Gasteiger partial charge on any atom is -0.408 e. The third-order valence-electron chi connectivity index (χ3n) is 4.71. The number of para-hydroxylation sites is 2. The zero-order valence-corrected chi connectivity index (χ0v) is 15.9. The first-order chi connectivity index (χ1) is 13.0. The second kappa shape index (κ2) is 8.22. The fraction of sp³-hybridized carbons (Fsp3) is 0.333. The molecule has 1 unspecified atom stereocenters. The maximum absolute atomic E-state index is 12.3. The molecule has 0 aliphatic heterocycles. The number of nitrogens with one attached hydrogen (secondary N) is 1. The van der Waals surface area contributed by atoms with E-state index < -0.39 is 5.76 Å². The Balaban J connectivity index is 1.60. The highest BCUT2D eigenvalue weighted by Crippen LogP contribution is 2.18. The Labute approximate surface area is 158 Å². The standard InChI is InChI=1S/C21H25N3O3/c1-15-8-10-16(11-9-15)18(23(2)3)14-22-20(25)12-13-24-17-6-4-5-7-19(17)27-21(24)26/h4-11,18H,12-14H2,1-3H3,(H,22,25). The Morgan fingerprint density at radius 3 is 2.56 bits per heavy atom. The van der Waals surface area contributed by atoms with Crippen LogP contribution in [0, 0.1) is 6.92 Å². The number of benzene rings is 2. The van der Waals surface area contributed by atoms with Crippen LogP contribution in [-0.4, -0.2) is 36.0 Å². The van der Waals surface area contributed by atoms with Crippen molar-refractivity contribution in [1.29, 1.82) is 0 Å². The van der Waals surface area contributed by atoms with Gasteiger partial charge >= 0.3 is 5.76 Å². The number of nitrogens with zero attached hydrogens (tertiary/aromatic N) is 2. The number of hydrogen-bond acceptors (Lipinski definition) is 4. The number of carbonyl (C=O) groups is 1. The van der Waals surface area contributed by atoms with E-state index in [0.717, 1.165) is 5.56 Å². The Morgan fingerprint density at radius 1 is 1.15 bits per heavy atom. The van der Waals surface area contributed by atoms with E-state index in [4.69, 9.17) is 4.42 Å². The average Bonchev–Trinajstić information content (AvgIpc) is 2.96. The summed E-state index contributed by atoms with van der Waals surface area (Å²) in [5, 5.41) is 2.98. The molecule has 3 aromatic rings. The van der Waals surface area contributed by atoms with Crippen molar-refractivity contribution >= 4 is 17.0 Å². The SMILES string of the molecule is Cc1ccc(C(CNC(=O)CCn2c(=O)oc3ccccc32)N(C)C)cc1. The number of amides is 1. The molecule has 6 nitrogen and oxygen atoms in total. The highest BCUT2D eigenvalue weighted by atomic mass is 16.4. The first-order valence-electron chi connectivity index (χ1n) is 9.04. The van der Waals surface area contributed by atoms with E-state index in [2.05, 4.69) is 41.4 Å². The number of rotatable bonds is 7. The van der Waals surface area contributed by atoms with Crippen molar-refractivity contribution in [2.45, 2.75) is 25.9 Å². The maximum atomic E-state index is 12.3. The molecule has 6 heteroatoms. The van der Waals surface area contributed by atoms with E-state index in [-0.39, 0.29) is 18.4 Å². The monoisotopic (exact) mass is 367 g/mol. The lowest BCUT2D eigenvalue weighted by molar-refractivity contribution is -0.121. The molecule has 1 aromatic heterocycles. The Hall–Kier alpha value is -2.86. The van der Waals surface area contributed by atoms with Crippen LogP contribution in [0.15, 0.2) is 57.7 Å². The number of likely N-dealkylation sites (N-methyl/N-ethyl adjacent to an activating group) is 1. The van der Waals surface area contributed by atoms with Gasteiger partial charge in [-0.3, -0.25) is 9.36 Å². The number of fused-ring (bicyclic) bond motifs is 1. The van der Waals surface area contributed by atoms with Gasteiger partial charge in [0.1, 0.15) is 0 Å². The van der Waals surface area contributed by atoms with Gasteiger partial charge in [0.25, 0.3) is 0 Å². The largest absolute Gasteiger partial charge is 0.419 e. The predicted molar refractivity (Wildman–Crippen MR) is 106 cm³/mol. The summed E-state index contributed by atoms with van der Waals surface area (Å²) in [5.74, 6) is -0.527. The first-order valence-corrected chi connectivity index (χ1v) is 9.04. The summed E-state index contributed by atoms with van der Waals surface area (Å²) in [5.41, 5.74) is 3.61. The molecule has 0 aliphatic carbocycles. The summed E-state index contributed by atoms with van der Waals surface area (Å²) in [6.45, 7) is 2.85. The molecule has 1 heterocycles. The fourth-order valence-electron chi connectivity index (χ4n) is 3.13. The van der Waals surface area contributed by atoms with Gasteiger partial charge in [-0.05, 0) is 38.7 Å². The third kappa shape index (κ3) is 4.46. The number of aromatic nitrogens is 1. The lowest BCUT2D eigenvalue weighted by atomic mass is 10.0. The van der Waals surface area contributed by atoms with Crippen LogP contribution < -0.4 is 11.1 Å². The minimum absolute atomic E-state index is 0.0898. The summed E-state index contributed by atoms with van der Waals surface area (Å²) in [6.07, 6.45) is 0.220. The van der Waals surface area contributed by atoms with E-state index in [0.29, 0.717) is 24.2 Å². The lowest BCUT2D eigenvalue weighted by Gasteiger charge is -2.25. The molecule has 3 rings (SSSR count). The fourth-order valence-corrected chi connectivity index (χ4v) is 3.13. The van der Waals surface area contributed by atoms with Crippen LogP contribution in [0.3, 0.4) is 0 Å². The van der Waals surface area contributed by atoms with Gasteiger partial charge in [0.15, 0.2) is 5.58 Å². The molecule has 1 N–H and O–H groups in total. The van der Waals surface area contributed by atoms with Crippen molar-refractivity contribution in [2.75, 3.05) is 20.6 Å². The lowest BCUT2D eigenvalue weighted by Crippen LogP contribution is -2.35. The summed E-state index contributed by atoms with van der Waals surface area (Å²) < 4.78 is 6.70. The molecule has 0 radical (unpaired) electrons. The van der Waals surface area contributed by atoms with Crippen molar-refractivity contribution in [3.8, 4) is 0 Å². The van der Waals surface area contributed by atoms with Crippen LogP contribution in [0.5, 0.6) is 0 Å². The second-order valence-corrected chi connectivity index (χ2v) is 6.93. The molecule has 0 aliphatic rings. The molecule has 1 amide bonds. The molecule has 0 spiro atoms. The summed E-state index contributed by atoms with van der Waals surface area (Å²) in [4.78, 5) is 26.4. The van der Waals surface area contributed by atoms with E-state index in [1.807, 2.05) is 32.3 Å². The van der Waals surface area contributed by atoms with Gasteiger partial charge in [-0.15, -0.1) is 0 Å². The van der Waals surface area contributed by atoms with E-state index in [9.17, 15) is 9.59 Å². The van der Waals surface area contributed by atoms with Gasteiger partial charge in [-0.2, -0.15) is 0 Å². The summed E-state index contributed by atoms with van der Waals surface area (Å²) >= 11 is 0. The predicted octanol–water partition coefficient (Wildman–Crippen LogP) is 2.71. The zero-order chi connectivity index (χ0) is 19.4. The highest BCUT2D eigenvalue weighted by Gasteiger charge is 2.16. The van der Waals surface area contributed by atoms with Gasteiger partial charge in [-0.25, -0.2) is 4.79 Å². The van der Waals surface area contributed by atoms with Crippen molar-refractivity contribution in [2.24, 2.45) is 0 Å². The maximum Gasteiger partial charge on any atom is 0.419 e. The number of hydrogen-bond donors (Lipinski definition) is 1. The molecule has 0 fully saturated rings. The van der Waals surface area contributed by atoms with Crippen molar-refractivity contribution < 1.29 is 9.21 Å². The van der Waals surface area contributed by atoms with E-state index in [1.165, 1.54) is 10.1 Å². The molecule has 0 bridgehead atoms. The van der Waals surface area contributed by atoms with Gasteiger partial charge < -0.3 is 14.6 Å². The molecule has 2 aromatic carbocycles. The van der Waals surface area contributed by atoms with Crippen LogP contribution >= 0.6 is 0 Å². The average molecular weight is 367 g/mol. The number of oxazole rings is 1. The zero-order valence-electron chi connectivity index (χ0n) is 15.9. The topological polar surface area (TPSA) is 67.5 Å². The number of aryl methyl sites for hydroxylation is 2. The molecular weight excluding hydrogens is 342 g/mol. The molecular formula is C21H25N3O3.